The van der Waals surface area contributed by atoms with Crippen LogP contribution >= 0.6 is 11.8 Å². The molecule has 1 N–H and O–H groups in total. The smallest absolute Gasteiger partial charge is 0.237 e. The van der Waals surface area contributed by atoms with E-state index < -0.39 is 15.1 Å². The quantitative estimate of drug-likeness (QED) is 0.347. The van der Waals surface area contributed by atoms with E-state index in [0.29, 0.717) is 35.4 Å². The van der Waals surface area contributed by atoms with Gasteiger partial charge in [0.2, 0.25) is 5.91 Å². The average molecular weight is 499 g/mol. The van der Waals surface area contributed by atoms with Gasteiger partial charge in [0.25, 0.3) is 0 Å². The Balaban J connectivity index is 1.39. The zero-order chi connectivity index (χ0) is 24.1. The molecule has 1 fully saturated rings. The Kier molecular flexibility index (Phi) is 7.38. The number of sulfone groups is 1. The normalized spacial score (nSPS) is 17.7. The van der Waals surface area contributed by atoms with E-state index in [-0.39, 0.29) is 23.3 Å². The molecule has 2 atom stereocenters. The summed E-state index contributed by atoms with van der Waals surface area (Å²) in [5, 5.41) is 11.5. The summed E-state index contributed by atoms with van der Waals surface area (Å²) in [5.41, 5.74) is 0.655. The highest BCUT2D eigenvalue weighted by atomic mass is 32.2. The summed E-state index contributed by atoms with van der Waals surface area (Å²) in [7, 11) is -3.04. The van der Waals surface area contributed by atoms with Gasteiger partial charge in [-0.2, -0.15) is 0 Å². The maximum Gasteiger partial charge on any atom is 0.237 e. The number of allylic oxidation sites excluding steroid dienone is 1. The predicted molar refractivity (Wildman–Crippen MR) is 133 cm³/mol. The van der Waals surface area contributed by atoms with Gasteiger partial charge in [-0.05, 0) is 49.7 Å². The van der Waals surface area contributed by atoms with Crippen LogP contribution < -0.4 is 10.1 Å². The molecule has 2 unspecified atom stereocenters. The van der Waals surface area contributed by atoms with Gasteiger partial charge in [0.05, 0.1) is 16.8 Å². The summed E-state index contributed by atoms with van der Waals surface area (Å²) in [6, 6.07) is 16.6. The predicted octanol–water partition coefficient (Wildman–Crippen LogP) is 4.28. The first-order valence-electron chi connectivity index (χ1n) is 10.9. The minimum Gasteiger partial charge on any atom is -0.457 e. The van der Waals surface area contributed by atoms with E-state index in [0.717, 1.165) is 5.75 Å². The molecule has 1 aliphatic heterocycles. The van der Waals surface area contributed by atoms with Crippen molar-refractivity contribution in [2.24, 2.45) is 0 Å². The van der Waals surface area contributed by atoms with Gasteiger partial charge in [0.15, 0.2) is 15.0 Å². The van der Waals surface area contributed by atoms with Crippen LogP contribution in [0, 0.1) is 0 Å². The largest absolute Gasteiger partial charge is 0.457 e. The van der Waals surface area contributed by atoms with Crippen LogP contribution in [0.4, 0.5) is 5.69 Å². The van der Waals surface area contributed by atoms with E-state index in [1.807, 2.05) is 34.9 Å². The molecule has 2 aromatic carbocycles. The molecule has 8 nitrogen and oxygen atoms in total. The Labute approximate surface area is 203 Å². The number of nitrogens with one attached hydrogen (secondary N) is 1. The minimum absolute atomic E-state index is 0.0764. The molecule has 1 amide bonds. The number of nitrogens with zero attached hydrogens (tertiary/aromatic N) is 3. The van der Waals surface area contributed by atoms with E-state index in [4.69, 9.17) is 4.74 Å². The number of carbonyl (C=O) groups is 1. The summed E-state index contributed by atoms with van der Waals surface area (Å²) in [6.45, 7) is 6.02. The summed E-state index contributed by atoms with van der Waals surface area (Å²) < 4.78 is 31.4. The first kappa shape index (κ1) is 24.0. The lowest BCUT2D eigenvalue weighted by molar-refractivity contribution is -0.115. The van der Waals surface area contributed by atoms with Gasteiger partial charge < -0.3 is 14.6 Å². The van der Waals surface area contributed by atoms with Crippen molar-refractivity contribution in [3.05, 3.63) is 73.1 Å². The zero-order valence-corrected chi connectivity index (χ0v) is 20.4. The molecule has 4 rings (SSSR count). The number of carbonyl (C=O) groups excluding carboxylic acids is 1. The number of amides is 1. The number of hydrogen-bond donors (Lipinski definition) is 1. The second-order valence-electron chi connectivity index (χ2n) is 8.03. The van der Waals surface area contributed by atoms with Crippen LogP contribution in [-0.2, 0) is 21.2 Å². The summed E-state index contributed by atoms with van der Waals surface area (Å²) in [6.07, 6.45) is 2.24. The number of benzene rings is 2. The van der Waals surface area contributed by atoms with Crippen molar-refractivity contribution in [2.45, 2.75) is 36.2 Å². The Morgan fingerprint density at radius 3 is 2.56 bits per heavy atom. The summed E-state index contributed by atoms with van der Waals surface area (Å²) in [5.74, 6) is 1.91. The zero-order valence-electron chi connectivity index (χ0n) is 18.8. The number of rotatable bonds is 9. The molecule has 1 aliphatic rings. The lowest BCUT2D eigenvalue weighted by Gasteiger charge is -2.14. The molecule has 3 aromatic rings. The van der Waals surface area contributed by atoms with Crippen molar-refractivity contribution in [2.75, 3.05) is 16.8 Å². The SMILES string of the molecule is C=CCn1c(SC(C)C(=O)Nc2ccc(Oc3ccccc3)cc2)nnc1C1CCS(=O)(=O)C1. The van der Waals surface area contributed by atoms with E-state index in [1.54, 1.807) is 37.3 Å². The first-order chi connectivity index (χ1) is 16.3. The van der Waals surface area contributed by atoms with Gasteiger partial charge in [-0.25, -0.2) is 8.42 Å². The molecular formula is C24H26N4O4S2. The van der Waals surface area contributed by atoms with Gasteiger partial charge in [-0.1, -0.05) is 36.0 Å². The average Bonchev–Trinajstić information content (AvgIpc) is 3.38. The van der Waals surface area contributed by atoms with Crippen LogP contribution in [0.15, 0.2) is 72.4 Å². The number of hydrogen-bond acceptors (Lipinski definition) is 7. The maximum absolute atomic E-state index is 12.8. The molecule has 0 aliphatic carbocycles. The van der Waals surface area contributed by atoms with Crippen LogP contribution in [0.1, 0.15) is 25.1 Å². The highest BCUT2D eigenvalue weighted by molar-refractivity contribution is 8.00. The van der Waals surface area contributed by atoms with Gasteiger partial charge >= 0.3 is 0 Å². The fourth-order valence-electron chi connectivity index (χ4n) is 3.68. The molecule has 1 aromatic heterocycles. The third-order valence-electron chi connectivity index (χ3n) is 5.41. The summed E-state index contributed by atoms with van der Waals surface area (Å²) in [4.78, 5) is 12.8. The van der Waals surface area contributed by atoms with Crippen molar-refractivity contribution in [1.29, 1.82) is 0 Å². The van der Waals surface area contributed by atoms with Gasteiger partial charge in [-0.3, -0.25) is 4.79 Å². The van der Waals surface area contributed by atoms with Gasteiger partial charge in [0.1, 0.15) is 17.3 Å². The van der Waals surface area contributed by atoms with Crippen molar-refractivity contribution in [3.63, 3.8) is 0 Å². The second-order valence-corrected chi connectivity index (χ2v) is 11.6. The van der Waals surface area contributed by atoms with E-state index in [2.05, 4.69) is 22.1 Å². The fourth-order valence-corrected chi connectivity index (χ4v) is 6.28. The van der Waals surface area contributed by atoms with Crippen LogP contribution in [0.25, 0.3) is 0 Å². The van der Waals surface area contributed by atoms with E-state index >= 15 is 0 Å². The molecular weight excluding hydrogens is 472 g/mol. The lowest BCUT2D eigenvalue weighted by atomic mass is 10.1. The highest BCUT2D eigenvalue weighted by Gasteiger charge is 2.33. The first-order valence-corrected chi connectivity index (χ1v) is 13.6. The molecule has 34 heavy (non-hydrogen) atoms. The standard InChI is InChI=1S/C24H26N4O4S2/c1-3-14-28-22(18-13-15-34(30,31)16-18)26-27-24(28)33-17(2)23(29)25-19-9-11-21(12-10-19)32-20-7-5-4-6-8-20/h3-12,17-18H,1,13-16H2,2H3,(H,25,29). The Morgan fingerprint density at radius 1 is 1.21 bits per heavy atom. The maximum atomic E-state index is 12.8. The monoisotopic (exact) mass is 498 g/mol. The molecule has 178 valence electrons. The lowest BCUT2D eigenvalue weighted by Crippen LogP contribution is -2.23. The third-order valence-corrected chi connectivity index (χ3v) is 8.26. The molecule has 0 spiro atoms. The van der Waals surface area contributed by atoms with Crippen LogP contribution in [0.5, 0.6) is 11.5 Å². The number of para-hydroxylation sites is 1. The second kappa shape index (κ2) is 10.4. The van der Waals surface area contributed by atoms with E-state index in [9.17, 15) is 13.2 Å². The van der Waals surface area contributed by atoms with E-state index in [1.165, 1.54) is 11.8 Å². The molecule has 10 heteroatoms. The topological polar surface area (TPSA) is 103 Å². The molecule has 1 saturated heterocycles. The highest BCUT2D eigenvalue weighted by Crippen LogP contribution is 2.31. The molecule has 0 saturated carbocycles. The third kappa shape index (κ3) is 5.87. The van der Waals surface area contributed by atoms with Crippen LogP contribution in [-0.4, -0.2) is 45.8 Å². The van der Waals surface area contributed by atoms with Crippen molar-refractivity contribution < 1.29 is 17.9 Å². The van der Waals surface area contributed by atoms with Crippen molar-refractivity contribution >= 4 is 33.2 Å². The van der Waals surface area contributed by atoms with Crippen molar-refractivity contribution in [3.8, 4) is 11.5 Å². The Morgan fingerprint density at radius 2 is 1.91 bits per heavy atom. The van der Waals surface area contributed by atoms with Crippen LogP contribution in [0.2, 0.25) is 0 Å². The fraction of sp³-hybridized carbons (Fsp3) is 0.292. The van der Waals surface area contributed by atoms with Gasteiger partial charge in [-0.15, -0.1) is 16.8 Å². The summed E-state index contributed by atoms with van der Waals surface area (Å²) >= 11 is 1.28. The minimum atomic E-state index is -3.04. The number of thioether (sulfide) groups is 1. The Bertz CT molecular complexity index is 1260. The van der Waals surface area contributed by atoms with Crippen LogP contribution in [0.3, 0.4) is 0 Å². The van der Waals surface area contributed by atoms with Crippen molar-refractivity contribution in [1.82, 2.24) is 14.8 Å². The molecule has 0 bridgehead atoms. The molecule has 0 radical (unpaired) electrons. The number of anilines is 1. The molecule has 2 heterocycles. The number of ether oxygens (including phenoxy) is 1. The Hall–Kier alpha value is -3.11. The van der Waals surface area contributed by atoms with Gasteiger partial charge in [0, 0.05) is 18.2 Å². The number of aromatic nitrogens is 3.